The highest BCUT2D eigenvalue weighted by atomic mass is 19.4. The summed E-state index contributed by atoms with van der Waals surface area (Å²) in [6.45, 7) is -0.824. The summed E-state index contributed by atoms with van der Waals surface area (Å²) >= 11 is 0. The SMILES string of the molecule is O=C(c1cc2c(cn1)c(Nc1cc(F)ccn1)nn2CC(F)(F)F)N1CCC[C@H](O)C1. The number of carbonyl (C=O) groups excluding carboxylic acids is 1. The first-order chi connectivity index (χ1) is 14.7. The summed E-state index contributed by atoms with van der Waals surface area (Å²) in [5.74, 6) is -1.01. The zero-order valence-corrected chi connectivity index (χ0v) is 16.1. The number of nitrogens with zero attached hydrogens (tertiary/aromatic N) is 5. The van der Waals surface area contributed by atoms with Crippen molar-refractivity contribution in [3.8, 4) is 0 Å². The average Bonchev–Trinajstić information content (AvgIpc) is 3.02. The van der Waals surface area contributed by atoms with E-state index in [0.717, 1.165) is 12.1 Å². The van der Waals surface area contributed by atoms with Crippen molar-refractivity contribution < 1.29 is 27.5 Å². The van der Waals surface area contributed by atoms with Gasteiger partial charge < -0.3 is 15.3 Å². The van der Waals surface area contributed by atoms with Crippen LogP contribution < -0.4 is 5.32 Å². The number of nitrogens with one attached hydrogen (secondary N) is 1. The second-order valence-electron chi connectivity index (χ2n) is 7.24. The Kier molecular flexibility index (Phi) is 5.48. The Balaban J connectivity index is 1.72. The van der Waals surface area contributed by atoms with E-state index >= 15 is 0 Å². The van der Waals surface area contributed by atoms with Crippen LogP contribution in [0, 0.1) is 5.82 Å². The molecule has 0 aromatic carbocycles. The number of piperidine rings is 1. The smallest absolute Gasteiger partial charge is 0.391 e. The molecule has 1 amide bonds. The van der Waals surface area contributed by atoms with E-state index in [-0.39, 0.29) is 34.8 Å². The first-order valence-electron chi connectivity index (χ1n) is 9.49. The number of rotatable bonds is 4. The van der Waals surface area contributed by atoms with Gasteiger partial charge in [0.25, 0.3) is 5.91 Å². The highest BCUT2D eigenvalue weighted by Crippen LogP contribution is 2.29. The molecule has 4 rings (SSSR count). The molecule has 0 saturated carbocycles. The van der Waals surface area contributed by atoms with Crippen LogP contribution in [-0.2, 0) is 6.54 Å². The van der Waals surface area contributed by atoms with E-state index in [2.05, 4.69) is 20.4 Å². The molecule has 31 heavy (non-hydrogen) atoms. The topological polar surface area (TPSA) is 96.2 Å². The molecule has 4 heterocycles. The van der Waals surface area contributed by atoms with E-state index in [1.165, 1.54) is 23.4 Å². The van der Waals surface area contributed by atoms with Gasteiger partial charge in [0.05, 0.1) is 17.0 Å². The molecule has 1 aliphatic heterocycles. The lowest BCUT2D eigenvalue weighted by Crippen LogP contribution is -2.42. The third kappa shape index (κ3) is 4.74. The molecule has 164 valence electrons. The fourth-order valence-electron chi connectivity index (χ4n) is 3.46. The molecule has 2 N–H and O–H groups in total. The number of anilines is 2. The third-order valence-corrected chi connectivity index (χ3v) is 4.84. The van der Waals surface area contributed by atoms with Crippen molar-refractivity contribution in [2.45, 2.75) is 31.7 Å². The summed E-state index contributed by atoms with van der Waals surface area (Å²) in [5, 5.41) is 16.6. The Morgan fingerprint density at radius 1 is 1.29 bits per heavy atom. The molecular formula is C19H18F4N6O2. The lowest BCUT2D eigenvalue weighted by Gasteiger charge is -2.29. The number of hydrogen-bond donors (Lipinski definition) is 2. The van der Waals surface area contributed by atoms with Crippen LogP contribution in [0.5, 0.6) is 0 Å². The van der Waals surface area contributed by atoms with Gasteiger partial charge in [0.15, 0.2) is 5.82 Å². The molecular weight excluding hydrogens is 420 g/mol. The van der Waals surface area contributed by atoms with E-state index in [1.807, 2.05) is 0 Å². The molecule has 0 bridgehead atoms. The Morgan fingerprint density at radius 3 is 2.81 bits per heavy atom. The summed E-state index contributed by atoms with van der Waals surface area (Å²) in [5.41, 5.74) is -0.0208. The highest BCUT2D eigenvalue weighted by Gasteiger charge is 2.31. The lowest BCUT2D eigenvalue weighted by molar-refractivity contribution is -0.141. The van der Waals surface area contributed by atoms with Crippen molar-refractivity contribution in [2.75, 3.05) is 18.4 Å². The number of β-amino-alcohol motifs (C(OH)–C–C–N with tert-alkyl or cyclic N) is 1. The predicted molar refractivity (Wildman–Crippen MR) is 102 cm³/mol. The van der Waals surface area contributed by atoms with E-state index in [9.17, 15) is 27.5 Å². The van der Waals surface area contributed by atoms with Crippen molar-refractivity contribution in [3.05, 3.63) is 42.1 Å². The molecule has 1 fully saturated rings. The van der Waals surface area contributed by atoms with Gasteiger partial charge >= 0.3 is 6.18 Å². The first kappa shape index (κ1) is 21.0. The minimum absolute atomic E-state index is 0.00255. The number of aromatic nitrogens is 4. The largest absolute Gasteiger partial charge is 0.408 e. The fraction of sp³-hybridized carbons (Fsp3) is 0.368. The number of amides is 1. The van der Waals surface area contributed by atoms with Gasteiger partial charge in [-0.25, -0.2) is 9.37 Å². The van der Waals surface area contributed by atoms with Crippen molar-refractivity contribution in [1.82, 2.24) is 24.6 Å². The molecule has 3 aromatic heterocycles. The summed E-state index contributed by atoms with van der Waals surface area (Å²) in [7, 11) is 0. The van der Waals surface area contributed by atoms with Gasteiger partial charge in [0.1, 0.15) is 23.9 Å². The fourth-order valence-corrected chi connectivity index (χ4v) is 3.46. The molecule has 0 radical (unpaired) electrons. The van der Waals surface area contributed by atoms with Crippen molar-refractivity contribution in [1.29, 1.82) is 0 Å². The Bertz CT molecular complexity index is 1120. The van der Waals surface area contributed by atoms with E-state index < -0.39 is 30.5 Å². The van der Waals surface area contributed by atoms with Crippen molar-refractivity contribution in [2.24, 2.45) is 0 Å². The van der Waals surface area contributed by atoms with Crippen LogP contribution in [-0.4, -0.2) is 61.0 Å². The molecule has 8 nitrogen and oxygen atoms in total. The number of hydrogen-bond acceptors (Lipinski definition) is 6. The normalized spacial score (nSPS) is 17.2. The van der Waals surface area contributed by atoms with Crippen LogP contribution in [0.4, 0.5) is 29.2 Å². The van der Waals surface area contributed by atoms with Crippen molar-refractivity contribution >= 4 is 28.4 Å². The van der Waals surface area contributed by atoms with Crippen LogP contribution >= 0.6 is 0 Å². The molecule has 1 saturated heterocycles. The van der Waals surface area contributed by atoms with Gasteiger partial charge in [-0.05, 0) is 25.0 Å². The Labute approximate surface area is 173 Å². The number of likely N-dealkylation sites (tertiary alicyclic amines) is 1. The maximum absolute atomic E-state index is 13.4. The number of aliphatic hydroxyl groups excluding tert-OH is 1. The van der Waals surface area contributed by atoms with Gasteiger partial charge in [0.2, 0.25) is 0 Å². The van der Waals surface area contributed by atoms with Gasteiger partial charge in [-0.2, -0.15) is 18.3 Å². The molecule has 0 aliphatic carbocycles. The number of alkyl halides is 3. The molecule has 1 aliphatic rings. The maximum Gasteiger partial charge on any atom is 0.408 e. The minimum Gasteiger partial charge on any atom is -0.391 e. The van der Waals surface area contributed by atoms with Crippen LogP contribution in [0.25, 0.3) is 10.9 Å². The summed E-state index contributed by atoms with van der Waals surface area (Å²) in [4.78, 5) is 22.2. The van der Waals surface area contributed by atoms with Crippen molar-refractivity contribution in [3.63, 3.8) is 0 Å². The summed E-state index contributed by atoms with van der Waals surface area (Å²) < 4.78 is 53.4. The average molecular weight is 438 g/mol. The Morgan fingerprint density at radius 2 is 2.10 bits per heavy atom. The van der Waals surface area contributed by atoms with Gasteiger partial charge in [-0.15, -0.1) is 0 Å². The molecule has 1 atom stereocenters. The molecule has 12 heteroatoms. The van der Waals surface area contributed by atoms with E-state index in [4.69, 9.17) is 0 Å². The standard InChI is InChI=1S/C19H18F4N6O2/c20-11-3-4-24-16(6-11)26-17-13-8-25-14(18(31)28-5-1-2-12(30)9-28)7-15(13)29(27-17)10-19(21,22)23/h3-4,6-8,12,30H,1-2,5,9-10H2,(H,24,26,27)/t12-/m0/s1. The number of carbonyl (C=O) groups is 1. The number of halogens is 4. The first-order valence-corrected chi connectivity index (χ1v) is 9.49. The third-order valence-electron chi connectivity index (χ3n) is 4.84. The highest BCUT2D eigenvalue weighted by molar-refractivity contribution is 5.98. The minimum atomic E-state index is -4.56. The van der Waals surface area contributed by atoms with Crippen LogP contribution in [0.15, 0.2) is 30.6 Å². The maximum atomic E-state index is 13.4. The van der Waals surface area contributed by atoms with E-state index in [1.54, 1.807) is 0 Å². The van der Waals surface area contributed by atoms with E-state index in [0.29, 0.717) is 24.1 Å². The zero-order chi connectivity index (χ0) is 22.2. The number of fused-ring (bicyclic) bond motifs is 1. The van der Waals surface area contributed by atoms with Gasteiger partial charge in [-0.1, -0.05) is 0 Å². The monoisotopic (exact) mass is 438 g/mol. The van der Waals surface area contributed by atoms with Gasteiger partial charge in [-0.3, -0.25) is 14.5 Å². The zero-order valence-electron chi connectivity index (χ0n) is 16.1. The number of aliphatic hydroxyl groups is 1. The summed E-state index contributed by atoms with van der Waals surface area (Å²) in [6.07, 6.45) is -1.56. The lowest BCUT2D eigenvalue weighted by atomic mass is 10.1. The predicted octanol–water partition coefficient (Wildman–Crippen LogP) is 2.87. The Hall–Kier alpha value is -3.28. The van der Waals surface area contributed by atoms with Gasteiger partial charge in [0, 0.05) is 31.5 Å². The molecule has 0 unspecified atom stereocenters. The van der Waals surface area contributed by atoms with Crippen LogP contribution in [0.1, 0.15) is 23.3 Å². The second-order valence-corrected chi connectivity index (χ2v) is 7.24. The quantitative estimate of drug-likeness (QED) is 0.609. The van der Waals surface area contributed by atoms with Crippen LogP contribution in [0.3, 0.4) is 0 Å². The van der Waals surface area contributed by atoms with Crippen LogP contribution in [0.2, 0.25) is 0 Å². The number of pyridine rings is 2. The molecule has 0 spiro atoms. The summed E-state index contributed by atoms with van der Waals surface area (Å²) in [6, 6.07) is 3.44. The molecule has 3 aromatic rings. The second kappa shape index (κ2) is 8.10.